The number of amides is 2. The number of piperidine rings is 1. The van der Waals surface area contributed by atoms with Crippen molar-refractivity contribution in [1.82, 2.24) is 4.90 Å². The summed E-state index contributed by atoms with van der Waals surface area (Å²) in [6, 6.07) is 5.09. The first-order valence-corrected chi connectivity index (χ1v) is 7.39. The molecule has 2 rings (SSSR count). The second kappa shape index (κ2) is 6.59. The number of rotatable bonds is 2. The minimum absolute atomic E-state index is 0.133. The zero-order chi connectivity index (χ0) is 13.8. The summed E-state index contributed by atoms with van der Waals surface area (Å²) in [7, 11) is 0. The van der Waals surface area contributed by atoms with Crippen molar-refractivity contribution in [2.75, 3.05) is 25.0 Å². The van der Waals surface area contributed by atoms with Crippen LogP contribution in [-0.4, -0.2) is 35.7 Å². The van der Waals surface area contributed by atoms with Crippen LogP contribution in [0.2, 0.25) is 5.02 Å². The Labute approximate surface area is 125 Å². The van der Waals surface area contributed by atoms with Crippen LogP contribution in [0.15, 0.2) is 22.7 Å². The lowest BCUT2D eigenvalue weighted by Crippen LogP contribution is -2.43. The van der Waals surface area contributed by atoms with Crippen LogP contribution in [-0.2, 0) is 0 Å². The highest BCUT2D eigenvalue weighted by atomic mass is 79.9. The van der Waals surface area contributed by atoms with Gasteiger partial charge in [0.25, 0.3) is 0 Å². The van der Waals surface area contributed by atoms with E-state index in [-0.39, 0.29) is 18.6 Å². The Morgan fingerprint density at radius 1 is 1.58 bits per heavy atom. The first-order chi connectivity index (χ1) is 9.10. The number of likely N-dealkylation sites (tertiary alicyclic amines) is 1. The SMILES string of the molecule is O=C(Nc1ccc(Cl)cc1Br)N1CCCC(CO)C1. The summed E-state index contributed by atoms with van der Waals surface area (Å²) >= 11 is 9.23. The normalized spacial score (nSPS) is 19.3. The van der Waals surface area contributed by atoms with Gasteiger partial charge in [-0.15, -0.1) is 0 Å². The van der Waals surface area contributed by atoms with E-state index >= 15 is 0 Å². The molecule has 0 saturated carbocycles. The van der Waals surface area contributed by atoms with Crippen LogP contribution in [0, 0.1) is 5.92 Å². The van der Waals surface area contributed by atoms with Crippen molar-refractivity contribution in [2.45, 2.75) is 12.8 Å². The minimum Gasteiger partial charge on any atom is -0.396 e. The Balaban J connectivity index is 2.00. The Hall–Kier alpha value is -0.780. The van der Waals surface area contributed by atoms with Crippen molar-refractivity contribution in [3.63, 3.8) is 0 Å². The lowest BCUT2D eigenvalue weighted by atomic mass is 9.99. The van der Waals surface area contributed by atoms with Crippen LogP contribution in [0.4, 0.5) is 10.5 Å². The van der Waals surface area contributed by atoms with Gasteiger partial charge >= 0.3 is 6.03 Å². The number of carbonyl (C=O) groups excluding carboxylic acids is 1. The second-order valence-electron chi connectivity index (χ2n) is 4.69. The van der Waals surface area contributed by atoms with E-state index in [1.165, 1.54) is 0 Å². The number of nitrogens with one attached hydrogen (secondary N) is 1. The molecule has 0 spiro atoms. The van der Waals surface area contributed by atoms with Crippen molar-refractivity contribution >= 4 is 39.2 Å². The van der Waals surface area contributed by atoms with Gasteiger partial charge in [-0.25, -0.2) is 4.79 Å². The van der Waals surface area contributed by atoms with Gasteiger partial charge in [-0.05, 0) is 52.9 Å². The van der Waals surface area contributed by atoms with Gasteiger partial charge in [0.05, 0.1) is 5.69 Å². The monoisotopic (exact) mass is 346 g/mol. The number of aliphatic hydroxyl groups is 1. The summed E-state index contributed by atoms with van der Waals surface area (Å²) < 4.78 is 0.754. The molecule has 0 radical (unpaired) electrons. The highest BCUT2D eigenvalue weighted by Gasteiger charge is 2.23. The fourth-order valence-corrected chi connectivity index (χ4v) is 2.97. The second-order valence-corrected chi connectivity index (χ2v) is 5.98. The van der Waals surface area contributed by atoms with Crippen LogP contribution in [0.5, 0.6) is 0 Å². The number of halogens is 2. The molecule has 1 saturated heterocycles. The quantitative estimate of drug-likeness (QED) is 0.862. The summed E-state index contributed by atoms with van der Waals surface area (Å²) in [4.78, 5) is 13.9. The maximum atomic E-state index is 12.1. The van der Waals surface area contributed by atoms with E-state index in [4.69, 9.17) is 11.6 Å². The number of hydrogen-bond acceptors (Lipinski definition) is 2. The Kier molecular flexibility index (Phi) is 5.07. The Morgan fingerprint density at radius 2 is 2.37 bits per heavy atom. The van der Waals surface area contributed by atoms with Crippen LogP contribution in [0.3, 0.4) is 0 Å². The number of urea groups is 1. The van der Waals surface area contributed by atoms with Gasteiger partial charge < -0.3 is 15.3 Å². The average Bonchev–Trinajstić information content (AvgIpc) is 2.42. The number of benzene rings is 1. The fraction of sp³-hybridized carbons (Fsp3) is 0.462. The molecule has 6 heteroatoms. The third-order valence-electron chi connectivity index (χ3n) is 3.24. The molecule has 1 unspecified atom stereocenters. The van der Waals surface area contributed by atoms with Crippen LogP contribution in [0.1, 0.15) is 12.8 Å². The number of carbonyl (C=O) groups is 1. The number of nitrogens with zero attached hydrogens (tertiary/aromatic N) is 1. The standard InChI is InChI=1S/C13H16BrClN2O2/c14-11-6-10(15)3-4-12(11)16-13(19)17-5-1-2-9(7-17)8-18/h3-4,6,9,18H,1-2,5,7-8H2,(H,16,19). The predicted octanol–water partition coefficient (Wildman–Crippen LogP) is 3.34. The lowest BCUT2D eigenvalue weighted by Gasteiger charge is -2.31. The van der Waals surface area contributed by atoms with E-state index in [1.807, 2.05) is 0 Å². The molecular weight excluding hydrogens is 332 g/mol. The van der Waals surface area contributed by atoms with Crippen molar-refractivity contribution < 1.29 is 9.90 Å². The molecule has 0 aliphatic carbocycles. The molecule has 1 aliphatic rings. The third kappa shape index (κ3) is 3.84. The van der Waals surface area contributed by atoms with Crippen molar-refractivity contribution in [2.24, 2.45) is 5.92 Å². The molecule has 0 aromatic heterocycles. The zero-order valence-corrected chi connectivity index (χ0v) is 12.7. The van der Waals surface area contributed by atoms with E-state index in [1.54, 1.807) is 23.1 Å². The maximum Gasteiger partial charge on any atom is 0.321 e. The van der Waals surface area contributed by atoms with E-state index in [0.29, 0.717) is 17.3 Å². The van der Waals surface area contributed by atoms with Crippen LogP contribution < -0.4 is 5.32 Å². The highest BCUT2D eigenvalue weighted by Crippen LogP contribution is 2.26. The van der Waals surface area contributed by atoms with Crippen LogP contribution >= 0.6 is 27.5 Å². The molecule has 1 heterocycles. The van der Waals surface area contributed by atoms with Gasteiger partial charge in [-0.3, -0.25) is 0 Å². The average molecular weight is 348 g/mol. The van der Waals surface area contributed by atoms with E-state index < -0.39 is 0 Å². The van der Waals surface area contributed by atoms with Gasteiger partial charge in [0, 0.05) is 29.2 Å². The lowest BCUT2D eigenvalue weighted by molar-refractivity contribution is 0.136. The van der Waals surface area contributed by atoms with Crippen molar-refractivity contribution in [3.05, 3.63) is 27.7 Å². The number of anilines is 1. The van der Waals surface area contributed by atoms with Gasteiger partial charge in [0.15, 0.2) is 0 Å². The Bertz CT molecular complexity index is 470. The van der Waals surface area contributed by atoms with Crippen LogP contribution in [0.25, 0.3) is 0 Å². The molecule has 2 N–H and O–H groups in total. The largest absolute Gasteiger partial charge is 0.396 e. The molecular formula is C13H16BrClN2O2. The topological polar surface area (TPSA) is 52.6 Å². The highest BCUT2D eigenvalue weighted by molar-refractivity contribution is 9.10. The number of hydrogen-bond donors (Lipinski definition) is 2. The molecule has 0 bridgehead atoms. The Morgan fingerprint density at radius 3 is 3.05 bits per heavy atom. The van der Waals surface area contributed by atoms with Crippen molar-refractivity contribution in [1.29, 1.82) is 0 Å². The molecule has 1 aliphatic heterocycles. The molecule has 1 aromatic rings. The summed E-state index contributed by atoms with van der Waals surface area (Å²) in [6.07, 6.45) is 1.91. The predicted molar refractivity (Wildman–Crippen MR) is 79.6 cm³/mol. The molecule has 4 nitrogen and oxygen atoms in total. The summed E-state index contributed by atoms with van der Waals surface area (Å²) in [5.41, 5.74) is 0.695. The first-order valence-electron chi connectivity index (χ1n) is 6.22. The smallest absolute Gasteiger partial charge is 0.321 e. The first kappa shape index (κ1) is 14.6. The molecule has 1 fully saturated rings. The maximum absolute atomic E-state index is 12.1. The molecule has 1 atom stereocenters. The molecule has 104 valence electrons. The van der Waals surface area contributed by atoms with Gasteiger partial charge in [-0.2, -0.15) is 0 Å². The fourth-order valence-electron chi connectivity index (χ4n) is 2.18. The van der Waals surface area contributed by atoms with Gasteiger partial charge in [0.1, 0.15) is 0 Å². The summed E-state index contributed by atoms with van der Waals surface area (Å²) in [5.74, 6) is 0.188. The van der Waals surface area contributed by atoms with Gasteiger partial charge in [0.2, 0.25) is 0 Å². The molecule has 1 aromatic carbocycles. The van der Waals surface area contributed by atoms with Crippen molar-refractivity contribution in [3.8, 4) is 0 Å². The van der Waals surface area contributed by atoms with Gasteiger partial charge in [-0.1, -0.05) is 11.6 Å². The molecule has 2 amide bonds. The van der Waals surface area contributed by atoms with E-state index in [0.717, 1.165) is 23.9 Å². The van der Waals surface area contributed by atoms with E-state index in [9.17, 15) is 9.90 Å². The summed E-state index contributed by atoms with van der Waals surface area (Å²) in [6.45, 7) is 1.47. The minimum atomic E-state index is -0.138. The third-order valence-corrected chi connectivity index (χ3v) is 4.13. The zero-order valence-electron chi connectivity index (χ0n) is 10.4. The summed E-state index contributed by atoms with van der Waals surface area (Å²) in [5, 5.41) is 12.6. The van der Waals surface area contributed by atoms with E-state index in [2.05, 4.69) is 21.2 Å². The number of aliphatic hydroxyl groups excluding tert-OH is 1. The molecule has 19 heavy (non-hydrogen) atoms.